The first-order valence-corrected chi connectivity index (χ1v) is 9.25. The minimum Gasteiger partial charge on any atom is -0.357 e. The predicted molar refractivity (Wildman–Crippen MR) is 113 cm³/mol. The van der Waals surface area contributed by atoms with Crippen molar-refractivity contribution < 1.29 is 0 Å². The Kier molecular flexibility index (Phi) is 4.60. The van der Waals surface area contributed by atoms with E-state index >= 15 is 0 Å². The third kappa shape index (κ3) is 3.61. The van der Waals surface area contributed by atoms with Gasteiger partial charge in [0, 0.05) is 42.4 Å². The summed E-state index contributed by atoms with van der Waals surface area (Å²) in [6.45, 7) is 6.10. The summed E-state index contributed by atoms with van der Waals surface area (Å²) in [5.41, 5.74) is 10.4. The lowest BCUT2D eigenvalue weighted by Gasteiger charge is -2.10. The Balaban J connectivity index is 1.84. The van der Waals surface area contributed by atoms with Gasteiger partial charge >= 0.3 is 0 Å². The van der Waals surface area contributed by atoms with Crippen LogP contribution in [-0.2, 0) is 0 Å². The van der Waals surface area contributed by atoms with E-state index in [9.17, 15) is 0 Å². The molecule has 0 atom stereocenters. The van der Waals surface area contributed by atoms with Crippen molar-refractivity contribution in [1.82, 2.24) is 24.6 Å². The van der Waals surface area contributed by atoms with E-state index < -0.39 is 0 Å². The van der Waals surface area contributed by atoms with Crippen molar-refractivity contribution in [3.8, 4) is 17.2 Å². The van der Waals surface area contributed by atoms with Crippen LogP contribution >= 0.6 is 0 Å². The normalized spacial score (nSPS) is 13.1. The minimum atomic E-state index is 0.703. The van der Waals surface area contributed by atoms with Gasteiger partial charge in [-0.25, -0.2) is 9.67 Å². The van der Waals surface area contributed by atoms with E-state index in [1.54, 1.807) is 0 Å². The fraction of sp³-hybridized carbons (Fsp3) is 0.174. The molecule has 0 amide bonds. The molecule has 140 valence electrons. The van der Waals surface area contributed by atoms with Gasteiger partial charge in [0.2, 0.25) is 5.95 Å². The van der Waals surface area contributed by atoms with Crippen LogP contribution in [0.2, 0.25) is 0 Å². The maximum Gasteiger partial charge on any atom is 0.229 e. The summed E-state index contributed by atoms with van der Waals surface area (Å²) in [5.74, 6) is 0.703. The number of hydrogen-bond donors (Lipinski definition) is 1. The van der Waals surface area contributed by atoms with E-state index in [0.29, 0.717) is 5.95 Å². The van der Waals surface area contributed by atoms with Gasteiger partial charge in [-0.05, 0) is 45.1 Å². The van der Waals surface area contributed by atoms with Crippen LogP contribution in [0.3, 0.4) is 0 Å². The number of rotatable bonds is 3. The van der Waals surface area contributed by atoms with Gasteiger partial charge in [-0.3, -0.25) is 0 Å². The molecule has 0 fully saturated rings. The fourth-order valence-corrected chi connectivity index (χ4v) is 3.19. The quantitative estimate of drug-likeness (QED) is 0.681. The molecule has 0 radical (unpaired) electrons. The van der Waals surface area contributed by atoms with Crippen LogP contribution in [0.15, 0.2) is 66.2 Å². The van der Waals surface area contributed by atoms with E-state index in [4.69, 9.17) is 4.98 Å². The number of nitrogens with zero attached hydrogens (tertiary/aromatic N) is 4. The number of benzene rings is 1. The van der Waals surface area contributed by atoms with Gasteiger partial charge < -0.3 is 9.88 Å². The molecule has 1 aromatic carbocycles. The topological polar surface area (TPSA) is 49.7 Å². The summed E-state index contributed by atoms with van der Waals surface area (Å²) in [4.78, 5) is 10.3. The average Bonchev–Trinajstić information content (AvgIpc) is 3.24. The second kappa shape index (κ2) is 7.22. The fourth-order valence-electron chi connectivity index (χ4n) is 3.19. The molecular weight excluding hydrogens is 346 g/mol. The van der Waals surface area contributed by atoms with Gasteiger partial charge in [0.15, 0.2) is 0 Å². The zero-order valence-electron chi connectivity index (χ0n) is 16.6. The maximum atomic E-state index is 4.86. The second-order valence-electron chi connectivity index (χ2n) is 7.07. The largest absolute Gasteiger partial charge is 0.357 e. The van der Waals surface area contributed by atoms with Gasteiger partial charge in [0.05, 0.1) is 17.1 Å². The molecule has 2 aromatic heterocycles. The number of aromatic amines is 1. The molecule has 5 nitrogen and oxygen atoms in total. The summed E-state index contributed by atoms with van der Waals surface area (Å²) >= 11 is 0. The molecule has 0 spiro atoms. The number of aryl methyl sites for hydroxylation is 3. The van der Waals surface area contributed by atoms with Crippen molar-refractivity contribution in [3.05, 3.63) is 88.8 Å². The predicted octanol–water partition coefficient (Wildman–Crippen LogP) is 4.70. The number of hydrogen-bond acceptors (Lipinski definition) is 3. The molecule has 0 saturated heterocycles. The van der Waals surface area contributed by atoms with Crippen molar-refractivity contribution in [1.29, 1.82) is 0 Å². The highest BCUT2D eigenvalue weighted by Gasteiger charge is 2.14. The first-order chi connectivity index (χ1) is 13.5. The van der Waals surface area contributed by atoms with Crippen molar-refractivity contribution in [2.45, 2.75) is 20.8 Å². The molecule has 3 aromatic rings. The molecule has 1 N–H and O–H groups in total. The second-order valence-corrected chi connectivity index (χ2v) is 7.07. The Morgan fingerprint density at radius 1 is 1.07 bits per heavy atom. The van der Waals surface area contributed by atoms with E-state index in [1.165, 1.54) is 5.56 Å². The van der Waals surface area contributed by atoms with Crippen LogP contribution in [-0.4, -0.2) is 31.7 Å². The summed E-state index contributed by atoms with van der Waals surface area (Å²) in [6, 6.07) is 10.4. The smallest absolute Gasteiger partial charge is 0.229 e. The van der Waals surface area contributed by atoms with Gasteiger partial charge in [-0.15, -0.1) is 5.73 Å². The van der Waals surface area contributed by atoms with Crippen LogP contribution in [0, 0.1) is 20.8 Å². The van der Waals surface area contributed by atoms with Gasteiger partial charge in [0.1, 0.15) is 0 Å². The maximum absolute atomic E-state index is 4.86. The molecule has 1 aliphatic heterocycles. The van der Waals surface area contributed by atoms with Crippen LogP contribution in [0.25, 0.3) is 23.3 Å². The van der Waals surface area contributed by atoms with Crippen molar-refractivity contribution in [3.63, 3.8) is 0 Å². The lowest BCUT2D eigenvalue weighted by atomic mass is 10.1. The number of imidazole rings is 1. The van der Waals surface area contributed by atoms with Crippen molar-refractivity contribution in [2.75, 3.05) is 7.05 Å². The molecule has 0 unspecified atom stereocenters. The summed E-state index contributed by atoms with van der Waals surface area (Å²) in [5, 5.41) is 4.56. The SMILES string of the molecule is Cc1cccc(-c2nc(-n3nc(C)cc3C)[nH]c2C=C=C2C=CN(C)C=C2)c1. The van der Waals surface area contributed by atoms with Crippen LogP contribution in [0.4, 0.5) is 0 Å². The molecule has 5 heteroatoms. The Hall–Kier alpha value is -3.56. The Bertz CT molecular complexity index is 1130. The molecule has 4 rings (SSSR count). The first-order valence-electron chi connectivity index (χ1n) is 9.25. The average molecular weight is 369 g/mol. The number of aromatic nitrogens is 4. The van der Waals surface area contributed by atoms with E-state index in [1.807, 2.05) is 67.2 Å². The van der Waals surface area contributed by atoms with Gasteiger partial charge in [-0.2, -0.15) is 5.10 Å². The minimum absolute atomic E-state index is 0.703. The zero-order valence-corrected chi connectivity index (χ0v) is 16.6. The Morgan fingerprint density at radius 3 is 2.54 bits per heavy atom. The molecule has 0 aliphatic carbocycles. The Labute approximate surface area is 165 Å². The van der Waals surface area contributed by atoms with Crippen molar-refractivity contribution in [2.24, 2.45) is 0 Å². The highest BCUT2D eigenvalue weighted by molar-refractivity contribution is 5.71. The van der Waals surface area contributed by atoms with Gasteiger partial charge in [0.25, 0.3) is 0 Å². The molecule has 1 aliphatic rings. The third-order valence-electron chi connectivity index (χ3n) is 4.58. The lowest BCUT2D eigenvalue weighted by molar-refractivity contribution is 0.620. The summed E-state index contributed by atoms with van der Waals surface area (Å²) < 4.78 is 1.84. The third-order valence-corrected chi connectivity index (χ3v) is 4.58. The number of H-pyrrole nitrogens is 1. The van der Waals surface area contributed by atoms with E-state index in [2.05, 4.69) is 47.0 Å². The highest BCUT2D eigenvalue weighted by Crippen LogP contribution is 2.25. The van der Waals surface area contributed by atoms with Crippen molar-refractivity contribution >= 4 is 6.08 Å². The molecule has 0 saturated carbocycles. The molecule has 3 heterocycles. The highest BCUT2D eigenvalue weighted by atomic mass is 15.4. The van der Waals surface area contributed by atoms with Crippen LogP contribution in [0.1, 0.15) is 22.6 Å². The molecule has 0 bridgehead atoms. The number of nitrogens with one attached hydrogen (secondary N) is 1. The van der Waals surface area contributed by atoms with E-state index in [0.717, 1.165) is 33.9 Å². The number of allylic oxidation sites excluding steroid dienone is 3. The monoisotopic (exact) mass is 369 g/mol. The summed E-state index contributed by atoms with van der Waals surface area (Å²) in [7, 11) is 2.00. The van der Waals surface area contributed by atoms with Crippen LogP contribution in [0.5, 0.6) is 0 Å². The zero-order chi connectivity index (χ0) is 19.7. The first kappa shape index (κ1) is 17.8. The molecular formula is C23H23N5. The standard InChI is InChI=1S/C23H23N5/c1-16-6-5-7-20(14-16)22-21(9-8-19-10-12-27(4)13-11-19)24-23(25-22)28-18(3)15-17(2)26-28/h5-7,9-15H,1-4H3,(H,24,25). The van der Waals surface area contributed by atoms with Crippen LogP contribution < -0.4 is 0 Å². The summed E-state index contributed by atoms with van der Waals surface area (Å²) in [6.07, 6.45) is 10.0. The Morgan fingerprint density at radius 2 is 1.86 bits per heavy atom. The molecule has 28 heavy (non-hydrogen) atoms. The van der Waals surface area contributed by atoms with Gasteiger partial charge in [-0.1, -0.05) is 23.8 Å². The lowest BCUT2D eigenvalue weighted by Crippen LogP contribution is -2.02. The van der Waals surface area contributed by atoms with E-state index in [-0.39, 0.29) is 0 Å².